The predicted molar refractivity (Wildman–Crippen MR) is 85.1 cm³/mol. The number of aromatic amines is 1. The van der Waals surface area contributed by atoms with Gasteiger partial charge in [-0.1, -0.05) is 24.3 Å². The van der Waals surface area contributed by atoms with Crippen molar-refractivity contribution in [1.82, 2.24) is 15.1 Å². The van der Waals surface area contributed by atoms with Gasteiger partial charge in [0, 0.05) is 19.2 Å². The molecule has 6 nitrogen and oxygen atoms in total. The molecule has 2 heterocycles. The van der Waals surface area contributed by atoms with Crippen LogP contribution >= 0.6 is 0 Å². The highest BCUT2D eigenvalue weighted by Crippen LogP contribution is 2.25. The molecule has 1 fully saturated rings. The van der Waals surface area contributed by atoms with Crippen LogP contribution in [0.25, 0.3) is 0 Å². The Balaban J connectivity index is 1.79. The molecule has 1 aliphatic rings. The maximum atomic E-state index is 12.5. The van der Waals surface area contributed by atoms with Gasteiger partial charge in [-0.25, -0.2) is 0 Å². The van der Waals surface area contributed by atoms with E-state index in [-0.39, 0.29) is 12.5 Å². The maximum Gasteiger partial charge on any atom is 0.272 e. The van der Waals surface area contributed by atoms with Crippen molar-refractivity contribution in [3.8, 4) is 0 Å². The summed E-state index contributed by atoms with van der Waals surface area (Å²) in [7, 11) is 0. The Morgan fingerprint density at radius 3 is 2.96 bits per heavy atom. The molecule has 0 spiro atoms. The second-order valence-corrected chi connectivity index (χ2v) is 5.99. The third-order valence-corrected chi connectivity index (χ3v) is 4.33. The van der Waals surface area contributed by atoms with Gasteiger partial charge < -0.3 is 14.7 Å². The summed E-state index contributed by atoms with van der Waals surface area (Å²) in [5, 5.41) is 16.5. The number of carbonyl (C=O) groups excluding carboxylic acids is 1. The van der Waals surface area contributed by atoms with E-state index in [0.29, 0.717) is 31.8 Å². The van der Waals surface area contributed by atoms with Crippen molar-refractivity contribution < 1.29 is 14.6 Å². The lowest BCUT2D eigenvalue weighted by Crippen LogP contribution is -2.57. The first kappa shape index (κ1) is 15.7. The van der Waals surface area contributed by atoms with Crippen LogP contribution in [0.1, 0.15) is 21.6 Å². The predicted octanol–water partition coefficient (Wildman–Crippen LogP) is 1.16. The van der Waals surface area contributed by atoms with Gasteiger partial charge in [0.25, 0.3) is 5.91 Å². The van der Waals surface area contributed by atoms with Gasteiger partial charge >= 0.3 is 0 Å². The largest absolute Gasteiger partial charge is 0.393 e. The SMILES string of the molecule is Cc1ccccc1C[C@]1(CO)CN(C(=O)c2ccn[nH]2)CCO1. The average Bonchev–Trinajstić information content (AvgIpc) is 3.11. The lowest BCUT2D eigenvalue weighted by atomic mass is 9.91. The standard InChI is InChI=1S/C17H21N3O3/c1-13-4-2-3-5-14(13)10-17(12-21)11-20(8-9-23-17)16(22)15-6-7-18-19-15/h2-7,21H,8-12H2,1H3,(H,18,19)/t17-/m1/s1. The van der Waals surface area contributed by atoms with Crippen LogP contribution in [0.15, 0.2) is 36.5 Å². The number of ether oxygens (including phenoxy) is 1. The molecule has 2 aromatic rings. The quantitative estimate of drug-likeness (QED) is 0.887. The summed E-state index contributed by atoms with van der Waals surface area (Å²) in [6, 6.07) is 9.69. The molecular weight excluding hydrogens is 294 g/mol. The normalized spacial score (nSPS) is 21.4. The number of amides is 1. The van der Waals surface area contributed by atoms with Crippen LogP contribution < -0.4 is 0 Å². The van der Waals surface area contributed by atoms with Crippen molar-refractivity contribution in [2.75, 3.05) is 26.3 Å². The van der Waals surface area contributed by atoms with Gasteiger partial charge in [-0.2, -0.15) is 5.10 Å². The monoisotopic (exact) mass is 315 g/mol. The summed E-state index contributed by atoms with van der Waals surface area (Å²) >= 11 is 0. The molecule has 0 saturated carbocycles. The summed E-state index contributed by atoms with van der Waals surface area (Å²) in [4.78, 5) is 14.2. The molecule has 0 unspecified atom stereocenters. The fraction of sp³-hybridized carbons (Fsp3) is 0.412. The zero-order valence-corrected chi connectivity index (χ0v) is 13.2. The third kappa shape index (κ3) is 3.28. The molecule has 2 N–H and O–H groups in total. The van der Waals surface area contributed by atoms with Crippen molar-refractivity contribution >= 4 is 5.91 Å². The smallest absolute Gasteiger partial charge is 0.272 e. The van der Waals surface area contributed by atoms with Gasteiger partial charge in [0.2, 0.25) is 0 Å². The summed E-state index contributed by atoms with van der Waals surface area (Å²) in [5.74, 6) is -0.117. The number of carbonyl (C=O) groups is 1. The van der Waals surface area contributed by atoms with Gasteiger partial charge in [-0.15, -0.1) is 0 Å². The van der Waals surface area contributed by atoms with Crippen molar-refractivity contribution in [3.05, 3.63) is 53.3 Å². The molecule has 23 heavy (non-hydrogen) atoms. The number of aryl methyl sites for hydroxylation is 1. The summed E-state index contributed by atoms with van der Waals surface area (Å²) < 4.78 is 5.90. The Bertz CT molecular complexity index is 671. The van der Waals surface area contributed by atoms with Crippen LogP contribution in [0.2, 0.25) is 0 Å². The van der Waals surface area contributed by atoms with E-state index in [9.17, 15) is 9.90 Å². The zero-order valence-electron chi connectivity index (χ0n) is 13.2. The van der Waals surface area contributed by atoms with Gasteiger partial charge in [-0.05, 0) is 24.1 Å². The van der Waals surface area contributed by atoms with Crippen molar-refractivity contribution in [1.29, 1.82) is 0 Å². The number of nitrogens with one attached hydrogen (secondary N) is 1. The van der Waals surface area contributed by atoms with Gasteiger partial charge in [0.05, 0.1) is 19.8 Å². The number of benzene rings is 1. The van der Waals surface area contributed by atoms with E-state index < -0.39 is 5.60 Å². The number of nitrogens with zero attached hydrogens (tertiary/aromatic N) is 2. The lowest BCUT2D eigenvalue weighted by Gasteiger charge is -2.42. The van der Waals surface area contributed by atoms with E-state index in [4.69, 9.17) is 4.74 Å². The Morgan fingerprint density at radius 1 is 1.43 bits per heavy atom. The van der Waals surface area contributed by atoms with Crippen LogP contribution in [0.3, 0.4) is 0 Å². The number of aliphatic hydroxyl groups is 1. The minimum absolute atomic E-state index is 0.117. The summed E-state index contributed by atoms with van der Waals surface area (Å²) in [5.41, 5.74) is 1.97. The van der Waals surface area contributed by atoms with E-state index in [2.05, 4.69) is 10.2 Å². The second kappa shape index (κ2) is 6.52. The van der Waals surface area contributed by atoms with E-state index in [0.717, 1.165) is 11.1 Å². The molecule has 0 bridgehead atoms. The molecule has 3 rings (SSSR count). The topological polar surface area (TPSA) is 78.5 Å². The molecule has 1 amide bonds. The number of rotatable bonds is 4. The fourth-order valence-corrected chi connectivity index (χ4v) is 2.98. The minimum atomic E-state index is -0.764. The first-order valence-corrected chi connectivity index (χ1v) is 7.71. The highest BCUT2D eigenvalue weighted by molar-refractivity contribution is 5.92. The molecule has 0 aliphatic carbocycles. The number of morpholine rings is 1. The number of aromatic nitrogens is 2. The van der Waals surface area contributed by atoms with Crippen molar-refractivity contribution in [2.45, 2.75) is 18.9 Å². The van der Waals surface area contributed by atoms with Gasteiger partial charge in [-0.3, -0.25) is 9.89 Å². The van der Waals surface area contributed by atoms with Crippen LogP contribution in [0.4, 0.5) is 0 Å². The van der Waals surface area contributed by atoms with Crippen molar-refractivity contribution in [2.24, 2.45) is 0 Å². The van der Waals surface area contributed by atoms with E-state index in [1.807, 2.05) is 31.2 Å². The first-order valence-electron chi connectivity index (χ1n) is 7.71. The molecule has 1 aromatic carbocycles. The first-order chi connectivity index (χ1) is 11.1. The van der Waals surface area contributed by atoms with E-state index in [1.165, 1.54) is 0 Å². The number of aliphatic hydroxyl groups excluding tert-OH is 1. The average molecular weight is 315 g/mol. The van der Waals surface area contributed by atoms with E-state index in [1.54, 1.807) is 17.2 Å². The van der Waals surface area contributed by atoms with E-state index >= 15 is 0 Å². The zero-order chi connectivity index (χ0) is 16.3. The van der Waals surface area contributed by atoms with Crippen molar-refractivity contribution in [3.63, 3.8) is 0 Å². The molecule has 0 radical (unpaired) electrons. The van der Waals surface area contributed by atoms with Gasteiger partial charge in [0.15, 0.2) is 0 Å². The highest BCUT2D eigenvalue weighted by atomic mass is 16.5. The van der Waals surface area contributed by atoms with Crippen LogP contribution in [-0.2, 0) is 11.2 Å². The van der Waals surface area contributed by atoms with Crippen LogP contribution in [-0.4, -0.2) is 58.0 Å². The molecular formula is C17H21N3O3. The maximum absolute atomic E-state index is 12.5. The molecule has 1 aromatic heterocycles. The molecule has 1 saturated heterocycles. The molecule has 122 valence electrons. The Labute approximate surface area is 135 Å². The number of hydrogen-bond acceptors (Lipinski definition) is 4. The fourth-order valence-electron chi connectivity index (χ4n) is 2.98. The highest BCUT2D eigenvalue weighted by Gasteiger charge is 2.38. The summed E-state index contributed by atoms with van der Waals surface area (Å²) in [6.07, 6.45) is 2.13. The number of H-pyrrole nitrogens is 1. The minimum Gasteiger partial charge on any atom is -0.393 e. The molecule has 1 atom stereocenters. The van der Waals surface area contributed by atoms with Crippen LogP contribution in [0, 0.1) is 6.92 Å². The van der Waals surface area contributed by atoms with Gasteiger partial charge in [0.1, 0.15) is 11.3 Å². The Hall–Kier alpha value is -2.18. The third-order valence-electron chi connectivity index (χ3n) is 4.33. The summed E-state index contributed by atoms with van der Waals surface area (Å²) in [6.45, 7) is 3.18. The Kier molecular flexibility index (Phi) is 4.45. The lowest BCUT2D eigenvalue weighted by molar-refractivity contribution is -0.123. The number of hydrogen-bond donors (Lipinski definition) is 2. The molecule has 6 heteroatoms. The molecule has 1 aliphatic heterocycles. The van der Waals surface area contributed by atoms with Crippen LogP contribution in [0.5, 0.6) is 0 Å². The second-order valence-electron chi connectivity index (χ2n) is 5.99. The Morgan fingerprint density at radius 2 is 2.26 bits per heavy atom.